The first kappa shape index (κ1) is 23.4. The highest BCUT2D eigenvalue weighted by Crippen LogP contribution is 2.24. The van der Waals surface area contributed by atoms with Crippen LogP contribution < -0.4 is 14.2 Å². The number of hydrogen-bond acceptors (Lipinski definition) is 5. The number of rotatable bonds is 8. The lowest BCUT2D eigenvalue weighted by Crippen LogP contribution is -2.37. The molecule has 2 amide bonds. The minimum atomic E-state index is -0.0804. The predicted molar refractivity (Wildman–Crippen MR) is 123 cm³/mol. The van der Waals surface area contributed by atoms with Crippen LogP contribution in [0.4, 0.5) is 0 Å². The third-order valence-corrected chi connectivity index (χ3v) is 5.62. The van der Waals surface area contributed by atoms with Crippen LogP contribution in [0.5, 0.6) is 17.2 Å². The molecule has 0 unspecified atom stereocenters. The van der Waals surface area contributed by atoms with Gasteiger partial charge in [-0.1, -0.05) is 18.2 Å². The molecule has 1 heterocycles. The van der Waals surface area contributed by atoms with E-state index in [4.69, 9.17) is 14.2 Å². The van der Waals surface area contributed by atoms with Gasteiger partial charge in [-0.2, -0.15) is 0 Å². The van der Waals surface area contributed by atoms with Crippen molar-refractivity contribution in [3.8, 4) is 17.2 Å². The fourth-order valence-corrected chi connectivity index (χ4v) is 3.77. The smallest absolute Gasteiger partial charge is 0.254 e. The molecular weight excluding hydrogens is 408 g/mol. The van der Waals surface area contributed by atoms with E-state index in [0.29, 0.717) is 62.7 Å². The maximum absolute atomic E-state index is 13.0. The summed E-state index contributed by atoms with van der Waals surface area (Å²) in [4.78, 5) is 29.4. The molecule has 2 aromatic carbocycles. The zero-order chi connectivity index (χ0) is 22.9. The lowest BCUT2D eigenvalue weighted by molar-refractivity contribution is -0.131. The van der Waals surface area contributed by atoms with Crippen LogP contribution in [-0.2, 0) is 4.79 Å². The molecule has 7 nitrogen and oxygen atoms in total. The second kappa shape index (κ2) is 11.4. The molecule has 0 N–H and O–H groups in total. The van der Waals surface area contributed by atoms with E-state index in [1.807, 2.05) is 36.1 Å². The van der Waals surface area contributed by atoms with Gasteiger partial charge in [0.05, 0.1) is 20.8 Å². The van der Waals surface area contributed by atoms with Gasteiger partial charge in [-0.15, -0.1) is 0 Å². The fraction of sp³-hybridized carbons (Fsp3) is 0.440. The summed E-state index contributed by atoms with van der Waals surface area (Å²) in [6.45, 7) is 4.81. The molecule has 0 spiro atoms. The van der Waals surface area contributed by atoms with E-state index >= 15 is 0 Å². The third-order valence-electron chi connectivity index (χ3n) is 5.62. The highest BCUT2D eigenvalue weighted by atomic mass is 16.5. The van der Waals surface area contributed by atoms with E-state index in [2.05, 4.69) is 0 Å². The van der Waals surface area contributed by atoms with Crippen molar-refractivity contribution in [2.24, 2.45) is 0 Å². The summed E-state index contributed by atoms with van der Waals surface area (Å²) in [6.07, 6.45) is 1.85. The Balaban J connectivity index is 1.49. The van der Waals surface area contributed by atoms with Crippen LogP contribution in [0.25, 0.3) is 0 Å². The van der Waals surface area contributed by atoms with Crippen LogP contribution in [0.1, 0.15) is 35.2 Å². The number of hydrogen-bond donors (Lipinski definition) is 0. The van der Waals surface area contributed by atoms with Gasteiger partial charge in [0.1, 0.15) is 17.2 Å². The summed E-state index contributed by atoms with van der Waals surface area (Å²) in [5, 5.41) is 0. The Hall–Kier alpha value is -3.22. The Labute approximate surface area is 189 Å². The number of methoxy groups -OCH3 is 2. The summed E-state index contributed by atoms with van der Waals surface area (Å²) in [6, 6.07) is 13.0. The molecule has 3 rings (SSSR count). The number of amides is 2. The second-order valence-corrected chi connectivity index (χ2v) is 7.85. The summed E-state index contributed by atoms with van der Waals surface area (Å²) < 4.78 is 16.3. The van der Waals surface area contributed by atoms with Gasteiger partial charge in [0.15, 0.2) is 0 Å². The van der Waals surface area contributed by atoms with Crippen molar-refractivity contribution in [3.05, 3.63) is 53.6 Å². The third kappa shape index (κ3) is 6.15. The Morgan fingerprint density at radius 2 is 1.56 bits per heavy atom. The number of aryl methyl sites for hydroxylation is 1. The van der Waals surface area contributed by atoms with Gasteiger partial charge >= 0.3 is 0 Å². The Kier molecular flexibility index (Phi) is 8.36. The summed E-state index contributed by atoms with van der Waals surface area (Å²) >= 11 is 0. The van der Waals surface area contributed by atoms with E-state index in [0.717, 1.165) is 17.7 Å². The number of ether oxygens (including phenoxy) is 3. The maximum Gasteiger partial charge on any atom is 0.254 e. The first-order chi connectivity index (χ1) is 15.5. The molecule has 7 heteroatoms. The van der Waals surface area contributed by atoms with Crippen molar-refractivity contribution in [1.82, 2.24) is 9.80 Å². The number of nitrogens with zero attached hydrogens (tertiary/aromatic N) is 2. The normalized spacial score (nSPS) is 14.0. The van der Waals surface area contributed by atoms with Gasteiger partial charge in [0, 0.05) is 44.2 Å². The van der Waals surface area contributed by atoms with Crippen LogP contribution in [0.3, 0.4) is 0 Å². The highest BCUT2D eigenvalue weighted by Gasteiger charge is 2.23. The zero-order valence-corrected chi connectivity index (χ0v) is 19.1. The molecule has 0 saturated carbocycles. The van der Waals surface area contributed by atoms with Crippen LogP contribution >= 0.6 is 0 Å². The lowest BCUT2D eigenvalue weighted by Gasteiger charge is -2.22. The van der Waals surface area contributed by atoms with Crippen LogP contribution in [-0.4, -0.2) is 68.6 Å². The van der Waals surface area contributed by atoms with Crippen LogP contribution in [0.2, 0.25) is 0 Å². The summed E-state index contributed by atoms with van der Waals surface area (Å²) in [5.74, 6) is 2.04. The molecule has 1 aliphatic heterocycles. The SMILES string of the molecule is COc1cc(OC)cc(C(=O)N2CCCN(C(=O)CCCOc3ccccc3C)CC2)c1. The number of benzene rings is 2. The molecule has 0 aliphatic carbocycles. The largest absolute Gasteiger partial charge is 0.497 e. The van der Waals surface area contributed by atoms with E-state index < -0.39 is 0 Å². The Morgan fingerprint density at radius 1 is 0.906 bits per heavy atom. The van der Waals surface area contributed by atoms with Gasteiger partial charge in [-0.05, 0) is 43.5 Å². The van der Waals surface area contributed by atoms with E-state index in [1.54, 1.807) is 37.3 Å². The van der Waals surface area contributed by atoms with Gasteiger partial charge < -0.3 is 24.0 Å². The topological polar surface area (TPSA) is 68.3 Å². The number of carbonyl (C=O) groups is 2. The van der Waals surface area contributed by atoms with Crippen molar-refractivity contribution < 1.29 is 23.8 Å². The molecule has 32 heavy (non-hydrogen) atoms. The molecule has 1 aliphatic rings. The van der Waals surface area contributed by atoms with Gasteiger partial charge in [-0.25, -0.2) is 0 Å². The van der Waals surface area contributed by atoms with E-state index in [1.165, 1.54) is 0 Å². The first-order valence-corrected chi connectivity index (χ1v) is 11.0. The minimum absolute atomic E-state index is 0.0804. The molecule has 1 saturated heterocycles. The molecule has 0 aromatic heterocycles. The van der Waals surface area contributed by atoms with Crippen molar-refractivity contribution in [2.75, 3.05) is 47.0 Å². The average molecular weight is 441 g/mol. The Bertz CT molecular complexity index is 908. The van der Waals surface area contributed by atoms with Gasteiger partial charge in [-0.3, -0.25) is 9.59 Å². The summed E-state index contributed by atoms with van der Waals surface area (Å²) in [7, 11) is 3.12. The molecule has 2 aromatic rings. The highest BCUT2D eigenvalue weighted by molar-refractivity contribution is 5.95. The zero-order valence-electron chi connectivity index (χ0n) is 19.1. The fourth-order valence-electron chi connectivity index (χ4n) is 3.77. The molecule has 0 bridgehead atoms. The minimum Gasteiger partial charge on any atom is -0.497 e. The number of carbonyl (C=O) groups excluding carboxylic acids is 2. The molecule has 1 fully saturated rings. The van der Waals surface area contributed by atoms with Crippen molar-refractivity contribution in [3.63, 3.8) is 0 Å². The van der Waals surface area contributed by atoms with Gasteiger partial charge in [0.25, 0.3) is 5.91 Å². The van der Waals surface area contributed by atoms with Crippen LogP contribution in [0, 0.1) is 6.92 Å². The number of para-hydroxylation sites is 1. The monoisotopic (exact) mass is 440 g/mol. The van der Waals surface area contributed by atoms with Crippen molar-refractivity contribution in [1.29, 1.82) is 0 Å². The molecule has 0 atom stereocenters. The standard InChI is InChI=1S/C25H32N2O5/c1-19-8-4-5-9-23(19)32-15-6-10-24(28)26-11-7-12-27(14-13-26)25(29)20-16-21(30-2)18-22(17-20)31-3/h4-5,8-9,16-18H,6-7,10-15H2,1-3H3. The second-order valence-electron chi connectivity index (χ2n) is 7.85. The molecule has 172 valence electrons. The molecular formula is C25H32N2O5. The maximum atomic E-state index is 13.0. The average Bonchev–Trinajstić information content (AvgIpc) is 3.08. The lowest BCUT2D eigenvalue weighted by atomic mass is 10.1. The van der Waals surface area contributed by atoms with Gasteiger partial charge in [0.2, 0.25) is 5.91 Å². The van der Waals surface area contributed by atoms with Crippen molar-refractivity contribution in [2.45, 2.75) is 26.2 Å². The quantitative estimate of drug-likeness (QED) is 0.588. The Morgan fingerprint density at radius 3 is 2.25 bits per heavy atom. The van der Waals surface area contributed by atoms with Crippen LogP contribution in [0.15, 0.2) is 42.5 Å². The van der Waals surface area contributed by atoms with E-state index in [9.17, 15) is 9.59 Å². The van der Waals surface area contributed by atoms with Crippen molar-refractivity contribution >= 4 is 11.8 Å². The van der Waals surface area contributed by atoms with E-state index in [-0.39, 0.29) is 11.8 Å². The summed E-state index contributed by atoms with van der Waals surface area (Å²) in [5.41, 5.74) is 1.61. The first-order valence-electron chi connectivity index (χ1n) is 11.0. The molecule has 0 radical (unpaired) electrons. The predicted octanol–water partition coefficient (Wildman–Crippen LogP) is 3.55.